The van der Waals surface area contributed by atoms with Gasteiger partial charge in [0.1, 0.15) is 0 Å². The molecule has 1 aromatic carbocycles. The molecule has 0 radical (unpaired) electrons. The Kier molecular flexibility index (Phi) is 7.40. The summed E-state index contributed by atoms with van der Waals surface area (Å²) in [6.07, 6.45) is 0.104. The number of benzene rings is 1. The van der Waals surface area contributed by atoms with E-state index >= 15 is 0 Å². The van der Waals surface area contributed by atoms with Gasteiger partial charge >= 0.3 is 6.18 Å². The van der Waals surface area contributed by atoms with Gasteiger partial charge in [-0.3, -0.25) is 4.79 Å². The van der Waals surface area contributed by atoms with Gasteiger partial charge in [-0.25, -0.2) is 0 Å². The van der Waals surface area contributed by atoms with Crippen molar-refractivity contribution in [2.24, 2.45) is 5.92 Å². The molecule has 3 rings (SSSR count). The first-order valence-corrected chi connectivity index (χ1v) is 10.4. The maximum Gasteiger partial charge on any atom is 0.416 e. The van der Waals surface area contributed by atoms with Crippen molar-refractivity contribution in [3.05, 3.63) is 29.3 Å². The van der Waals surface area contributed by atoms with Gasteiger partial charge in [0.2, 0.25) is 5.91 Å². The molecule has 1 aromatic rings. The van der Waals surface area contributed by atoms with Crippen molar-refractivity contribution >= 4 is 11.6 Å². The number of carbonyl (C=O) groups excluding carboxylic acids is 1. The smallest absolute Gasteiger partial charge is 0.385 e. The summed E-state index contributed by atoms with van der Waals surface area (Å²) in [7, 11) is 0. The van der Waals surface area contributed by atoms with E-state index in [2.05, 4.69) is 16.0 Å². The number of nitrogens with one attached hydrogen (secondary N) is 3. The molecule has 2 atom stereocenters. The lowest BCUT2D eigenvalue weighted by atomic mass is 10.0. The highest BCUT2D eigenvalue weighted by atomic mass is 19.4. The van der Waals surface area contributed by atoms with E-state index in [1.807, 2.05) is 6.92 Å². The molecule has 5 nitrogen and oxygen atoms in total. The minimum Gasteiger partial charge on any atom is -0.385 e. The number of hydrogen-bond acceptors (Lipinski definition) is 4. The third kappa shape index (κ3) is 6.09. The van der Waals surface area contributed by atoms with E-state index in [0.29, 0.717) is 29.9 Å². The predicted octanol–water partition coefficient (Wildman–Crippen LogP) is 3.69. The molecular weight excluding hydrogens is 383 g/mol. The fourth-order valence-corrected chi connectivity index (χ4v) is 4.17. The summed E-state index contributed by atoms with van der Waals surface area (Å²) in [5, 5.41) is 9.54. The Bertz CT molecular complexity index is 690. The summed E-state index contributed by atoms with van der Waals surface area (Å²) in [6, 6.07) is 4.37. The Morgan fingerprint density at radius 3 is 2.59 bits per heavy atom. The number of anilines is 1. The predicted molar refractivity (Wildman–Crippen MR) is 106 cm³/mol. The van der Waals surface area contributed by atoms with Crippen LogP contribution < -0.4 is 16.0 Å². The van der Waals surface area contributed by atoms with Crippen LogP contribution in [0.5, 0.6) is 0 Å². The fourth-order valence-electron chi connectivity index (χ4n) is 4.17. The lowest BCUT2D eigenvalue weighted by Crippen LogP contribution is -2.41. The highest BCUT2D eigenvalue weighted by molar-refractivity contribution is 5.79. The Morgan fingerprint density at radius 1 is 1.14 bits per heavy atom. The van der Waals surface area contributed by atoms with E-state index in [1.165, 1.54) is 6.07 Å². The number of hydrogen-bond donors (Lipinski definition) is 3. The lowest BCUT2D eigenvalue weighted by Gasteiger charge is -2.26. The Balaban J connectivity index is 1.54. The second-order valence-corrected chi connectivity index (χ2v) is 7.88. The quantitative estimate of drug-likeness (QED) is 0.638. The molecule has 1 amide bonds. The molecule has 162 valence electrons. The first-order chi connectivity index (χ1) is 13.9. The average molecular weight is 413 g/mol. The van der Waals surface area contributed by atoms with Crippen molar-refractivity contribution in [2.75, 3.05) is 25.1 Å². The van der Waals surface area contributed by atoms with Crippen LogP contribution in [-0.2, 0) is 22.3 Å². The molecular formula is C21H30F3N3O2. The summed E-state index contributed by atoms with van der Waals surface area (Å²) in [6.45, 7) is 4.11. The molecule has 2 fully saturated rings. The monoisotopic (exact) mass is 413 g/mol. The highest BCUT2D eigenvalue weighted by Gasteiger charge is 2.32. The van der Waals surface area contributed by atoms with Crippen molar-refractivity contribution in [1.82, 2.24) is 10.6 Å². The normalized spacial score (nSPS) is 23.2. The first kappa shape index (κ1) is 21.9. The third-order valence-corrected chi connectivity index (χ3v) is 5.75. The van der Waals surface area contributed by atoms with Crippen LogP contribution in [0, 0.1) is 5.92 Å². The number of rotatable bonds is 7. The van der Waals surface area contributed by atoms with E-state index < -0.39 is 11.7 Å². The summed E-state index contributed by atoms with van der Waals surface area (Å²) >= 11 is 0. The van der Waals surface area contributed by atoms with Crippen LogP contribution in [0.3, 0.4) is 0 Å². The van der Waals surface area contributed by atoms with Crippen LogP contribution >= 0.6 is 0 Å². The maximum absolute atomic E-state index is 13.0. The SMILES string of the molecule is CCNc1ccc(C(F)(F)F)cc1CNC(=O)C1CCC(NC2CCOCC2)C1. The molecule has 2 aliphatic rings. The second kappa shape index (κ2) is 9.80. The Hall–Kier alpha value is -1.80. The van der Waals surface area contributed by atoms with Crippen molar-refractivity contribution in [3.63, 3.8) is 0 Å². The van der Waals surface area contributed by atoms with Crippen molar-refractivity contribution in [1.29, 1.82) is 0 Å². The van der Waals surface area contributed by atoms with Crippen LogP contribution in [0.15, 0.2) is 18.2 Å². The molecule has 1 heterocycles. The van der Waals surface area contributed by atoms with Gasteiger partial charge in [-0.2, -0.15) is 13.2 Å². The zero-order chi connectivity index (χ0) is 20.9. The van der Waals surface area contributed by atoms with Gasteiger partial charge in [0, 0.05) is 50.0 Å². The van der Waals surface area contributed by atoms with Gasteiger partial charge in [-0.1, -0.05) is 0 Å². The molecule has 2 unspecified atom stereocenters. The maximum atomic E-state index is 13.0. The Morgan fingerprint density at radius 2 is 1.90 bits per heavy atom. The molecule has 1 saturated heterocycles. The summed E-state index contributed by atoms with van der Waals surface area (Å²) in [5.41, 5.74) is 0.362. The van der Waals surface area contributed by atoms with Crippen LogP contribution in [0.1, 0.15) is 50.2 Å². The van der Waals surface area contributed by atoms with E-state index in [4.69, 9.17) is 4.74 Å². The number of carbonyl (C=O) groups is 1. The van der Waals surface area contributed by atoms with Gasteiger partial charge < -0.3 is 20.7 Å². The van der Waals surface area contributed by atoms with Crippen molar-refractivity contribution in [3.8, 4) is 0 Å². The van der Waals surface area contributed by atoms with Crippen molar-refractivity contribution < 1.29 is 22.7 Å². The molecule has 1 saturated carbocycles. The third-order valence-electron chi connectivity index (χ3n) is 5.75. The van der Waals surface area contributed by atoms with Gasteiger partial charge in [-0.05, 0) is 62.8 Å². The molecule has 1 aliphatic heterocycles. The number of ether oxygens (including phenoxy) is 1. The molecule has 0 spiro atoms. The topological polar surface area (TPSA) is 62.4 Å². The van der Waals surface area contributed by atoms with Gasteiger partial charge in [0.15, 0.2) is 0 Å². The number of alkyl halides is 3. The van der Waals surface area contributed by atoms with Crippen LogP contribution in [0.25, 0.3) is 0 Å². The Labute approximate surface area is 169 Å². The molecule has 29 heavy (non-hydrogen) atoms. The fraction of sp³-hybridized carbons (Fsp3) is 0.667. The number of amides is 1. The molecule has 8 heteroatoms. The zero-order valence-electron chi connectivity index (χ0n) is 16.8. The average Bonchev–Trinajstić information content (AvgIpc) is 3.15. The standard InChI is InChI=1S/C21H30F3N3O2/c1-2-25-19-6-4-16(21(22,23)24)11-15(19)13-26-20(28)14-3-5-18(12-14)27-17-7-9-29-10-8-17/h4,6,11,14,17-18,25,27H,2-3,5,7-10,12-13H2,1H3,(H,26,28). The van der Waals surface area contributed by atoms with Gasteiger partial charge in [0.25, 0.3) is 0 Å². The van der Waals surface area contributed by atoms with E-state index in [1.54, 1.807) is 0 Å². The van der Waals surface area contributed by atoms with Gasteiger partial charge in [-0.15, -0.1) is 0 Å². The largest absolute Gasteiger partial charge is 0.416 e. The van der Waals surface area contributed by atoms with E-state index in [-0.39, 0.29) is 18.4 Å². The van der Waals surface area contributed by atoms with Crippen LogP contribution in [0.2, 0.25) is 0 Å². The molecule has 3 N–H and O–H groups in total. The lowest BCUT2D eigenvalue weighted by molar-refractivity contribution is -0.137. The molecule has 1 aliphatic carbocycles. The highest BCUT2D eigenvalue weighted by Crippen LogP contribution is 2.32. The van der Waals surface area contributed by atoms with Crippen molar-refractivity contribution in [2.45, 2.75) is 63.8 Å². The number of halogens is 3. The summed E-state index contributed by atoms with van der Waals surface area (Å²) in [5.74, 6) is -0.179. The van der Waals surface area contributed by atoms with Crippen LogP contribution in [-0.4, -0.2) is 37.7 Å². The first-order valence-electron chi connectivity index (χ1n) is 10.4. The second-order valence-electron chi connectivity index (χ2n) is 7.88. The minimum atomic E-state index is -4.40. The van der Waals surface area contributed by atoms with Crippen LogP contribution in [0.4, 0.5) is 18.9 Å². The molecule has 0 aromatic heterocycles. The zero-order valence-corrected chi connectivity index (χ0v) is 16.8. The van der Waals surface area contributed by atoms with E-state index in [0.717, 1.165) is 57.5 Å². The minimum absolute atomic E-state index is 0.0823. The van der Waals surface area contributed by atoms with E-state index in [9.17, 15) is 18.0 Å². The molecule has 0 bridgehead atoms. The van der Waals surface area contributed by atoms with Gasteiger partial charge in [0.05, 0.1) is 5.56 Å². The summed E-state index contributed by atoms with van der Waals surface area (Å²) in [4.78, 5) is 12.6. The summed E-state index contributed by atoms with van der Waals surface area (Å²) < 4.78 is 44.5.